The van der Waals surface area contributed by atoms with Crippen molar-refractivity contribution in [1.82, 2.24) is 19.7 Å². The van der Waals surface area contributed by atoms with Crippen LogP contribution in [0.25, 0.3) is 10.6 Å². The number of hydrogen-bond acceptors (Lipinski definition) is 7. The molecule has 3 aromatic rings. The third-order valence-electron chi connectivity index (χ3n) is 5.87. The smallest absolute Gasteiger partial charge is 0.275 e. The number of rotatable bonds is 6. The van der Waals surface area contributed by atoms with Gasteiger partial charge in [-0.1, -0.05) is 23.5 Å². The highest BCUT2D eigenvalue weighted by molar-refractivity contribution is 7.14. The quantitative estimate of drug-likeness (QED) is 0.592. The summed E-state index contributed by atoms with van der Waals surface area (Å²) in [4.78, 5) is 27.9. The lowest BCUT2D eigenvalue weighted by molar-refractivity contribution is -0.00153. The Morgan fingerprint density at radius 2 is 1.91 bits per heavy atom. The molecule has 4 rings (SSSR count). The number of benzene rings is 1. The molecule has 1 aromatic carbocycles. The van der Waals surface area contributed by atoms with Gasteiger partial charge in [-0.3, -0.25) is 9.59 Å². The first-order valence-corrected chi connectivity index (χ1v) is 11.4. The normalized spacial score (nSPS) is 16.8. The summed E-state index contributed by atoms with van der Waals surface area (Å²) in [5.74, 6) is -1.33. The van der Waals surface area contributed by atoms with Gasteiger partial charge >= 0.3 is 0 Å². The Morgan fingerprint density at radius 1 is 1.21 bits per heavy atom. The van der Waals surface area contributed by atoms with Crippen molar-refractivity contribution in [3.8, 4) is 16.3 Å². The minimum Gasteiger partial charge on any atom is -0.503 e. The molecule has 3 heterocycles. The summed E-state index contributed by atoms with van der Waals surface area (Å²) in [6.07, 6.45) is 1.74. The maximum absolute atomic E-state index is 13.2. The average molecular weight is 473 g/mol. The second-order valence-electron chi connectivity index (χ2n) is 8.34. The highest BCUT2D eigenvalue weighted by Crippen LogP contribution is 2.31. The van der Waals surface area contributed by atoms with E-state index in [1.165, 1.54) is 23.5 Å². The third kappa shape index (κ3) is 4.28. The van der Waals surface area contributed by atoms with Gasteiger partial charge in [0.25, 0.3) is 5.91 Å². The summed E-state index contributed by atoms with van der Waals surface area (Å²) < 4.78 is 20.2. The van der Waals surface area contributed by atoms with Gasteiger partial charge in [-0.25, -0.2) is 4.39 Å². The maximum atomic E-state index is 13.2. The van der Waals surface area contributed by atoms with Crippen LogP contribution in [0.15, 0.2) is 35.3 Å². The molecule has 0 saturated carbocycles. The molecule has 2 aromatic heterocycles. The van der Waals surface area contributed by atoms with E-state index in [-0.39, 0.29) is 35.3 Å². The lowest BCUT2D eigenvalue weighted by Gasteiger charge is -2.42. The van der Waals surface area contributed by atoms with Gasteiger partial charge < -0.3 is 19.3 Å². The van der Waals surface area contributed by atoms with Crippen LogP contribution in [0.5, 0.6) is 5.75 Å². The Kier molecular flexibility index (Phi) is 6.31. The number of fused-ring (bicyclic) bond motifs is 1. The minimum absolute atomic E-state index is 0.0342. The largest absolute Gasteiger partial charge is 0.503 e. The van der Waals surface area contributed by atoms with Crippen molar-refractivity contribution < 1.29 is 19.0 Å². The topological polar surface area (TPSA) is 97.5 Å². The predicted molar refractivity (Wildman–Crippen MR) is 122 cm³/mol. The number of hydrogen-bond donors (Lipinski definition) is 1. The number of carbonyl (C=O) groups excluding carboxylic acids is 1. The van der Waals surface area contributed by atoms with E-state index in [1.54, 1.807) is 34.9 Å². The number of carbonyl (C=O) groups is 1. The molecule has 174 valence electrons. The Labute approximate surface area is 194 Å². The van der Waals surface area contributed by atoms with Crippen LogP contribution in [0, 0.1) is 5.82 Å². The van der Waals surface area contributed by atoms with E-state index in [0.717, 1.165) is 5.56 Å². The fourth-order valence-electron chi connectivity index (χ4n) is 4.09. The molecular weight excluding hydrogens is 447 g/mol. The first-order chi connectivity index (χ1) is 15.7. The molecule has 0 saturated heterocycles. The molecule has 1 aliphatic heterocycles. The van der Waals surface area contributed by atoms with Crippen LogP contribution in [0.4, 0.5) is 4.39 Å². The van der Waals surface area contributed by atoms with E-state index < -0.39 is 17.1 Å². The second kappa shape index (κ2) is 9.03. The van der Waals surface area contributed by atoms with Crippen molar-refractivity contribution in [2.75, 3.05) is 7.11 Å². The van der Waals surface area contributed by atoms with Crippen molar-refractivity contribution in [3.63, 3.8) is 0 Å². The molecule has 0 spiro atoms. The molecule has 0 fully saturated rings. The molecule has 33 heavy (non-hydrogen) atoms. The van der Waals surface area contributed by atoms with Crippen molar-refractivity contribution in [1.29, 1.82) is 0 Å². The van der Waals surface area contributed by atoms with Gasteiger partial charge in [0.2, 0.25) is 5.43 Å². The first-order valence-electron chi connectivity index (χ1n) is 10.6. The van der Waals surface area contributed by atoms with E-state index in [1.807, 2.05) is 20.8 Å². The zero-order valence-electron chi connectivity index (χ0n) is 18.8. The highest BCUT2D eigenvalue weighted by Gasteiger charge is 2.39. The lowest BCUT2D eigenvalue weighted by atomic mass is 10.0. The molecule has 1 amide bonds. The fraction of sp³-hybridized carbons (Fsp3) is 0.391. The Morgan fingerprint density at radius 3 is 2.55 bits per heavy atom. The van der Waals surface area contributed by atoms with E-state index >= 15 is 0 Å². The molecule has 1 N–H and O–H groups in total. The number of methoxy groups -OCH3 is 1. The monoisotopic (exact) mass is 472 g/mol. The predicted octanol–water partition coefficient (Wildman–Crippen LogP) is 3.07. The van der Waals surface area contributed by atoms with Gasteiger partial charge in [-0.2, -0.15) is 0 Å². The van der Waals surface area contributed by atoms with Crippen LogP contribution in [-0.4, -0.2) is 56.0 Å². The summed E-state index contributed by atoms with van der Waals surface area (Å²) in [7, 11) is 1.58. The summed E-state index contributed by atoms with van der Waals surface area (Å²) in [6, 6.07) is 5.67. The average Bonchev–Trinajstić information content (AvgIpc) is 3.24. The molecule has 0 aliphatic carbocycles. The first kappa shape index (κ1) is 23.1. The van der Waals surface area contributed by atoms with Gasteiger partial charge in [-0.05, 0) is 38.5 Å². The standard InChI is InChI=1S/C23H25FN4O4S/c1-12(2)28-17(13(3)32-4)11-27-10-16(20(29)21(30)19(27)23(28)31)22-26-25-18(33-22)9-14-5-7-15(24)8-6-14/h5-8,10,12-13,17,30H,9,11H2,1-4H3/t13-,17-/m1/s1. The summed E-state index contributed by atoms with van der Waals surface area (Å²) in [5, 5.41) is 20.0. The van der Waals surface area contributed by atoms with Gasteiger partial charge in [0, 0.05) is 32.3 Å². The molecule has 0 bridgehead atoms. The minimum atomic E-state index is -0.666. The SMILES string of the molecule is CO[C@H](C)[C@H]1Cn2cc(-c3nnc(Cc4ccc(F)cc4)s3)c(=O)c(O)c2C(=O)N1C(C)C. The van der Waals surface area contributed by atoms with Crippen molar-refractivity contribution >= 4 is 17.2 Å². The Bertz CT molecular complexity index is 1240. The molecule has 0 unspecified atom stereocenters. The number of halogens is 1. The number of nitrogens with zero attached hydrogens (tertiary/aromatic N) is 4. The zero-order valence-corrected chi connectivity index (χ0v) is 19.6. The van der Waals surface area contributed by atoms with Gasteiger partial charge in [0.05, 0.1) is 17.7 Å². The van der Waals surface area contributed by atoms with Crippen molar-refractivity contribution in [2.24, 2.45) is 0 Å². The molecule has 0 radical (unpaired) electrons. The number of pyridine rings is 1. The zero-order chi connectivity index (χ0) is 23.9. The van der Waals surface area contributed by atoms with E-state index in [9.17, 15) is 19.1 Å². The van der Waals surface area contributed by atoms with Crippen LogP contribution in [0.3, 0.4) is 0 Å². The maximum Gasteiger partial charge on any atom is 0.275 e. The van der Waals surface area contributed by atoms with Crippen LogP contribution < -0.4 is 5.43 Å². The Hall–Kier alpha value is -3.11. The summed E-state index contributed by atoms with van der Waals surface area (Å²) >= 11 is 1.22. The number of ether oxygens (including phenoxy) is 1. The fourth-order valence-corrected chi connectivity index (χ4v) is 4.97. The van der Waals surface area contributed by atoms with Gasteiger partial charge in [0.1, 0.15) is 10.8 Å². The molecular formula is C23H25FN4O4S. The van der Waals surface area contributed by atoms with E-state index in [2.05, 4.69) is 10.2 Å². The van der Waals surface area contributed by atoms with Crippen LogP contribution in [0.1, 0.15) is 41.8 Å². The number of aromatic hydroxyl groups is 1. The van der Waals surface area contributed by atoms with E-state index in [0.29, 0.717) is 23.0 Å². The van der Waals surface area contributed by atoms with Crippen molar-refractivity contribution in [3.05, 3.63) is 62.8 Å². The van der Waals surface area contributed by atoms with Crippen LogP contribution >= 0.6 is 11.3 Å². The van der Waals surface area contributed by atoms with E-state index in [4.69, 9.17) is 4.74 Å². The number of aromatic nitrogens is 3. The van der Waals surface area contributed by atoms with Crippen LogP contribution in [0.2, 0.25) is 0 Å². The second-order valence-corrected chi connectivity index (χ2v) is 9.40. The number of amides is 1. The molecule has 2 atom stereocenters. The molecule has 1 aliphatic rings. The summed E-state index contributed by atoms with van der Waals surface area (Å²) in [6.45, 7) is 6.01. The van der Waals surface area contributed by atoms with Crippen LogP contribution in [-0.2, 0) is 17.7 Å². The Balaban J connectivity index is 1.72. The molecule has 10 heteroatoms. The van der Waals surface area contributed by atoms with Gasteiger partial charge in [-0.15, -0.1) is 10.2 Å². The molecule has 8 nitrogen and oxygen atoms in total. The van der Waals surface area contributed by atoms with Crippen molar-refractivity contribution in [2.45, 2.75) is 51.9 Å². The summed E-state index contributed by atoms with van der Waals surface area (Å²) in [5.41, 5.74) is 0.336. The lowest BCUT2D eigenvalue weighted by Crippen LogP contribution is -2.56. The highest BCUT2D eigenvalue weighted by atomic mass is 32.1. The van der Waals surface area contributed by atoms with Gasteiger partial charge in [0.15, 0.2) is 16.5 Å². The third-order valence-corrected chi connectivity index (χ3v) is 6.83.